The van der Waals surface area contributed by atoms with E-state index in [1.54, 1.807) is 41.5 Å². The third-order valence-corrected chi connectivity index (χ3v) is 2.82. The monoisotopic (exact) mass is 315 g/mol. The van der Waals surface area contributed by atoms with Crippen molar-refractivity contribution in [2.45, 2.75) is 71.3 Å². The van der Waals surface area contributed by atoms with Crippen LogP contribution in [0.15, 0.2) is 0 Å². The van der Waals surface area contributed by atoms with Crippen molar-refractivity contribution in [3.05, 3.63) is 0 Å². The van der Waals surface area contributed by atoms with E-state index >= 15 is 0 Å². The molecule has 0 aromatic rings. The Morgan fingerprint density at radius 1 is 1.05 bits per heavy atom. The number of esters is 1. The van der Waals surface area contributed by atoms with Gasteiger partial charge in [-0.1, -0.05) is 0 Å². The van der Waals surface area contributed by atoms with Gasteiger partial charge in [0.25, 0.3) is 5.91 Å². The van der Waals surface area contributed by atoms with Crippen molar-refractivity contribution in [2.24, 2.45) is 0 Å². The normalized spacial score (nSPS) is 22.7. The van der Waals surface area contributed by atoms with Crippen LogP contribution >= 0.6 is 0 Å². The number of amides is 2. The first-order chi connectivity index (χ1) is 9.85. The van der Waals surface area contributed by atoms with E-state index in [0.29, 0.717) is 0 Å². The molecule has 0 saturated carbocycles. The number of methoxy groups -OCH3 is 1. The van der Waals surface area contributed by atoms with Crippen molar-refractivity contribution < 1.29 is 28.6 Å². The van der Waals surface area contributed by atoms with Crippen molar-refractivity contribution in [3.63, 3.8) is 0 Å². The second kappa shape index (κ2) is 6.24. The maximum Gasteiger partial charge on any atom is 0.417 e. The molecule has 1 aliphatic rings. The molecule has 1 heterocycles. The zero-order chi connectivity index (χ0) is 17.3. The van der Waals surface area contributed by atoms with Crippen molar-refractivity contribution in [3.8, 4) is 0 Å². The number of imide groups is 1. The fourth-order valence-corrected chi connectivity index (χ4v) is 2.01. The average molecular weight is 315 g/mol. The first kappa shape index (κ1) is 18.4. The summed E-state index contributed by atoms with van der Waals surface area (Å²) in [5.74, 6) is -1.24. The Kier molecular flexibility index (Phi) is 5.22. The summed E-state index contributed by atoms with van der Waals surface area (Å²) < 4.78 is 15.5. The molecular formula is C15H25NO6. The van der Waals surface area contributed by atoms with E-state index in [2.05, 4.69) is 0 Å². The minimum absolute atomic E-state index is 0.0590. The molecule has 0 spiro atoms. The highest BCUT2D eigenvalue weighted by Gasteiger charge is 2.49. The van der Waals surface area contributed by atoms with Crippen LogP contribution in [-0.4, -0.2) is 53.3 Å². The lowest BCUT2D eigenvalue weighted by Crippen LogP contribution is -2.47. The molecule has 0 N–H and O–H groups in total. The highest BCUT2D eigenvalue weighted by molar-refractivity contribution is 6.01. The quantitative estimate of drug-likeness (QED) is 0.724. The summed E-state index contributed by atoms with van der Waals surface area (Å²) in [5, 5.41) is 0. The second-order valence-corrected chi connectivity index (χ2v) is 7.20. The van der Waals surface area contributed by atoms with Gasteiger partial charge in [0.2, 0.25) is 0 Å². The molecule has 1 fully saturated rings. The van der Waals surface area contributed by atoms with Gasteiger partial charge in [0.15, 0.2) is 0 Å². The lowest BCUT2D eigenvalue weighted by atomic mass is 10.1. The molecule has 0 radical (unpaired) electrons. The van der Waals surface area contributed by atoms with Gasteiger partial charge in [-0.15, -0.1) is 0 Å². The lowest BCUT2D eigenvalue weighted by Gasteiger charge is -2.28. The minimum Gasteiger partial charge on any atom is -0.458 e. The Hall–Kier alpha value is -1.63. The number of rotatable bonds is 2. The molecule has 1 saturated heterocycles. The van der Waals surface area contributed by atoms with Crippen LogP contribution in [0.5, 0.6) is 0 Å². The Labute approximate surface area is 130 Å². The average Bonchev–Trinajstić information content (AvgIpc) is 2.61. The molecule has 2 atom stereocenters. The van der Waals surface area contributed by atoms with Gasteiger partial charge < -0.3 is 14.2 Å². The third kappa shape index (κ3) is 4.69. The van der Waals surface area contributed by atoms with Crippen LogP contribution in [0.25, 0.3) is 0 Å². The molecule has 0 aliphatic carbocycles. The molecule has 0 aromatic heterocycles. The third-order valence-electron chi connectivity index (χ3n) is 2.82. The van der Waals surface area contributed by atoms with Gasteiger partial charge in [-0.3, -0.25) is 4.79 Å². The van der Waals surface area contributed by atoms with E-state index in [1.165, 1.54) is 7.11 Å². The molecule has 1 rings (SSSR count). The predicted molar refractivity (Wildman–Crippen MR) is 78.1 cm³/mol. The minimum atomic E-state index is -1.04. The van der Waals surface area contributed by atoms with Gasteiger partial charge in [-0.05, 0) is 41.5 Å². The number of carbonyl (C=O) groups is 3. The number of nitrogens with zero attached hydrogens (tertiary/aromatic N) is 1. The predicted octanol–water partition coefficient (Wildman–Crippen LogP) is 1.88. The second-order valence-electron chi connectivity index (χ2n) is 7.20. The van der Waals surface area contributed by atoms with Gasteiger partial charge in [-0.2, -0.15) is 0 Å². The molecule has 0 aromatic carbocycles. The summed E-state index contributed by atoms with van der Waals surface area (Å²) in [6, 6.07) is -1.04. The van der Waals surface area contributed by atoms with Crippen LogP contribution in [0.4, 0.5) is 4.79 Å². The number of likely N-dealkylation sites (tertiary alicyclic amines) is 1. The van der Waals surface area contributed by atoms with Crippen LogP contribution < -0.4 is 0 Å². The maximum atomic E-state index is 12.3. The number of hydrogen-bond donors (Lipinski definition) is 0. The standard InChI is InChI=1S/C15H25NO6/c1-14(2,3)21-12(18)9-8-10(20-7)11(17)16(9)13(19)22-15(4,5)6/h9-10H,8H2,1-7H3/t9-,10+/m1/s1. The molecule has 0 bridgehead atoms. The van der Waals surface area contributed by atoms with Crippen LogP contribution in [-0.2, 0) is 23.8 Å². The van der Waals surface area contributed by atoms with E-state index in [9.17, 15) is 14.4 Å². The van der Waals surface area contributed by atoms with Crippen LogP contribution in [0, 0.1) is 0 Å². The van der Waals surface area contributed by atoms with Crippen molar-refractivity contribution in [1.82, 2.24) is 4.90 Å². The number of ether oxygens (including phenoxy) is 3. The Morgan fingerprint density at radius 3 is 1.95 bits per heavy atom. The fourth-order valence-electron chi connectivity index (χ4n) is 2.01. The topological polar surface area (TPSA) is 82.1 Å². The smallest absolute Gasteiger partial charge is 0.417 e. The summed E-state index contributed by atoms with van der Waals surface area (Å²) in [7, 11) is 1.35. The number of hydrogen-bond acceptors (Lipinski definition) is 6. The fraction of sp³-hybridized carbons (Fsp3) is 0.800. The zero-order valence-corrected chi connectivity index (χ0v) is 14.3. The van der Waals surface area contributed by atoms with Crippen molar-refractivity contribution >= 4 is 18.0 Å². The van der Waals surface area contributed by atoms with Crippen LogP contribution in [0.2, 0.25) is 0 Å². The van der Waals surface area contributed by atoms with Gasteiger partial charge in [0.1, 0.15) is 23.3 Å². The Bertz CT molecular complexity index is 460. The lowest BCUT2D eigenvalue weighted by molar-refractivity contribution is -0.161. The van der Waals surface area contributed by atoms with Gasteiger partial charge in [0, 0.05) is 13.5 Å². The molecule has 1 aliphatic heterocycles. The van der Waals surface area contributed by atoms with E-state index in [4.69, 9.17) is 14.2 Å². The highest BCUT2D eigenvalue weighted by atomic mass is 16.6. The molecule has 0 unspecified atom stereocenters. The summed E-state index contributed by atoms with van der Waals surface area (Å²) in [5.41, 5.74) is -1.49. The van der Waals surface area contributed by atoms with E-state index in [-0.39, 0.29) is 6.42 Å². The maximum absolute atomic E-state index is 12.3. The van der Waals surface area contributed by atoms with Crippen LogP contribution in [0.1, 0.15) is 48.0 Å². The highest BCUT2D eigenvalue weighted by Crippen LogP contribution is 2.26. The summed E-state index contributed by atoms with van der Waals surface area (Å²) in [6.45, 7) is 10.2. The molecule has 7 heteroatoms. The summed E-state index contributed by atoms with van der Waals surface area (Å²) in [6.07, 6.45) is -1.67. The van der Waals surface area contributed by atoms with E-state index in [1.807, 2.05) is 0 Å². The van der Waals surface area contributed by atoms with Gasteiger partial charge in [0.05, 0.1) is 0 Å². The summed E-state index contributed by atoms with van der Waals surface area (Å²) >= 11 is 0. The largest absolute Gasteiger partial charge is 0.458 e. The molecular weight excluding hydrogens is 290 g/mol. The van der Waals surface area contributed by atoms with Crippen molar-refractivity contribution in [2.75, 3.05) is 7.11 Å². The van der Waals surface area contributed by atoms with Crippen LogP contribution in [0.3, 0.4) is 0 Å². The Balaban J connectivity index is 3.00. The van der Waals surface area contributed by atoms with E-state index < -0.39 is 41.3 Å². The van der Waals surface area contributed by atoms with Gasteiger partial charge >= 0.3 is 12.1 Å². The van der Waals surface area contributed by atoms with Gasteiger partial charge in [-0.25, -0.2) is 14.5 Å². The molecule has 2 amide bonds. The van der Waals surface area contributed by atoms with E-state index in [0.717, 1.165) is 4.90 Å². The Morgan fingerprint density at radius 2 is 1.55 bits per heavy atom. The first-order valence-corrected chi connectivity index (χ1v) is 7.17. The molecule has 7 nitrogen and oxygen atoms in total. The molecule has 22 heavy (non-hydrogen) atoms. The SMILES string of the molecule is CO[C@H]1C[C@H](C(=O)OC(C)(C)C)N(C(=O)OC(C)(C)C)C1=O. The zero-order valence-electron chi connectivity index (χ0n) is 14.3. The first-order valence-electron chi connectivity index (χ1n) is 7.17. The summed E-state index contributed by atoms with van der Waals surface area (Å²) in [4.78, 5) is 37.5. The molecule has 126 valence electrons. The number of carbonyl (C=O) groups excluding carboxylic acids is 3. The van der Waals surface area contributed by atoms with Crippen molar-refractivity contribution in [1.29, 1.82) is 0 Å².